The Morgan fingerprint density at radius 1 is 1.05 bits per heavy atom. The molecule has 0 radical (unpaired) electrons. The number of carbonyl (C=O) groups excluding carboxylic acids is 1. The first-order chi connectivity index (χ1) is 9.72. The molecule has 0 saturated carbocycles. The van der Waals surface area contributed by atoms with E-state index in [0.29, 0.717) is 19.6 Å². The fourth-order valence-corrected chi connectivity index (χ4v) is 1.97. The molecule has 0 fully saturated rings. The molecule has 0 aliphatic carbocycles. The van der Waals surface area contributed by atoms with Gasteiger partial charge in [-0.15, -0.1) is 0 Å². The summed E-state index contributed by atoms with van der Waals surface area (Å²) in [4.78, 5) is 12.0. The number of aliphatic hydroxyl groups is 1. The molecule has 2 rings (SSSR count). The van der Waals surface area contributed by atoms with E-state index >= 15 is 0 Å². The smallest absolute Gasteiger partial charge is 0.255 e. The van der Waals surface area contributed by atoms with Gasteiger partial charge >= 0.3 is 0 Å². The molecule has 0 spiro atoms. The Kier molecular flexibility index (Phi) is 4.92. The van der Waals surface area contributed by atoms with Crippen LogP contribution in [0, 0.1) is 0 Å². The summed E-state index contributed by atoms with van der Waals surface area (Å²) in [5.74, 6) is -0.330. The number of nitrogens with one attached hydrogen (secondary N) is 2. The molecule has 5 heteroatoms. The number of carbonyl (C=O) groups is 1. The highest BCUT2D eigenvalue weighted by molar-refractivity contribution is 6.01. The van der Waals surface area contributed by atoms with Crippen LogP contribution >= 0.6 is 0 Å². The van der Waals surface area contributed by atoms with E-state index in [-0.39, 0.29) is 23.8 Å². The van der Waals surface area contributed by atoms with Crippen molar-refractivity contribution in [1.82, 2.24) is 10.6 Å². The summed E-state index contributed by atoms with van der Waals surface area (Å²) in [6.45, 7) is 1.57. The van der Waals surface area contributed by atoms with Crippen molar-refractivity contribution in [2.24, 2.45) is 0 Å². The molecule has 1 amide bonds. The minimum Gasteiger partial charge on any atom is -0.507 e. The zero-order valence-electron chi connectivity index (χ0n) is 11.1. The molecule has 0 aliphatic heterocycles. The van der Waals surface area contributed by atoms with Crippen molar-refractivity contribution in [3.05, 3.63) is 42.0 Å². The number of phenolic OH excluding ortho intramolecular Hbond substituents is 1. The molecule has 0 aromatic heterocycles. The molecule has 2 aromatic carbocycles. The highest BCUT2D eigenvalue weighted by atomic mass is 16.3. The summed E-state index contributed by atoms with van der Waals surface area (Å²) >= 11 is 0. The maximum atomic E-state index is 12.0. The zero-order chi connectivity index (χ0) is 14.4. The van der Waals surface area contributed by atoms with E-state index < -0.39 is 0 Å². The van der Waals surface area contributed by atoms with Crippen LogP contribution in [0.4, 0.5) is 0 Å². The van der Waals surface area contributed by atoms with Crippen LogP contribution in [-0.4, -0.2) is 42.4 Å². The number of hydrogen-bond donors (Lipinski definition) is 4. The maximum Gasteiger partial charge on any atom is 0.255 e. The van der Waals surface area contributed by atoms with Gasteiger partial charge in [0.25, 0.3) is 5.91 Å². The molecule has 0 atom stereocenters. The first-order valence-corrected chi connectivity index (χ1v) is 6.54. The van der Waals surface area contributed by atoms with E-state index in [2.05, 4.69) is 10.6 Å². The highest BCUT2D eigenvalue weighted by Crippen LogP contribution is 2.24. The van der Waals surface area contributed by atoms with Gasteiger partial charge in [0, 0.05) is 19.6 Å². The van der Waals surface area contributed by atoms with Crippen LogP contribution in [0.1, 0.15) is 10.4 Å². The Morgan fingerprint density at radius 2 is 1.75 bits per heavy atom. The first kappa shape index (κ1) is 14.3. The van der Waals surface area contributed by atoms with Crippen LogP contribution in [0.15, 0.2) is 36.4 Å². The lowest BCUT2D eigenvalue weighted by atomic mass is 10.1. The second-order valence-corrected chi connectivity index (χ2v) is 4.45. The number of hydrogen-bond acceptors (Lipinski definition) is 4. The fourth-order valence-electron chi connectivity index (χ4n) is 1.97. The van der Waals surface area contributed by atoms with E-state index in [1.807, 2.05) is 24.3 Å². The Balaban J connectivity index is 2.04. The summed E-state index contributed by atoms with van der Waals surface area (Å²) in [6.07, 6.45) is 0. The van der Waals surface area contributed by atoms with E-state index in [9.17, 15) is 9.90 Å². The highest BCUT2D eigenvalue weighted by Gasteiger charge is 2.11. The minimum atomic E-state index is -0.306. The van der Waals surface area contributed by atoms with Crippen molar-refractivity contribution in [2.45, 2.75) is 0 Å². The molecule has 0 bridgehead atoms. The Bertz CT molecular complexity index is 599. The third-order valence-corrected chi connectivity index (χ3v) is 2.98. The van der Waals surface area contributed by atoms with Crippen LogP contribution in [0.5, 0.6) is 5.75 Å². The van der Waals surface area contributed by atoms with Gasteiger partial charge in [0.1, 0.15) is 5.75 Å². The maximum absolute atomic E-state index is 12.0. The number of phenols is 1. The number of benzene rings is 2. The number of aliphatic hydroxyl groups excluding tert-OH is 1. The Labute approximate surface area is 117 Å². The molecule has 4 N–H and O–H groups in total. The lowest BCUT2D eigenvalue weighted by Crippen LogP contribution is -2.32. The molecule has 5 nitrogen and oxygen atoms in total. The van der Waals surface area contributed by atoms with Gasteiger partial charge in [0.15, 0.2) is 0 Å². The molecular weight excluding hydrogens is 256 g/mol. The Hall–Kier alpha value is -2.11. The summed E-state index contributed by atoms with van der Waals surface area (Å²) in [7, 11) is 0. The van der Waals surface area contributed by atoms with E-state index in [1.165, 1.54) is 0 Å². The van der Waals surface area contributed by atoms with E-state index in [0.717, 1.165) is 10.8 Å². The summed E-state index contributed by atoms with van der Waals surface area (Å²) in [6, 6.07) is 10.8. The normalized spacial score (nSPS) is 10.7. The minimum absolute atomic E-state index is 0.0236. The number of fused-ring (bicyclic) bond motifs is 1. The monoisotopic (exact) mass is 274 g/mol. The number of aromatic hydroxyl groups is 1. The van der Waals surface area contributed by atoms with Gasteiger partial charge in [-0.25, -0.2) is 0 Å². The SMILES string of the molecule is O=C(NCCNCCO)c1cc2ccccc2cc1O. The van der Waals surface area contributed by atoms with Gasteiger partial charge in [-0.2, -0.15) is 0 Å². The van der Waals surface area contributed by atoms with E-state index in [4.69, 9.17) is 5.11 Å². The van der Waals surface area contributed by atoms with Crippen LogP contribution in [0.25, 0.3) is 10.8 Å². The van der Waals surface area contributed by atoms with Crippen molar-refractivity contribution >= 4 is 16.7 Å². The van der Waals surface area contributed by atoms with Crippen molar-refractivity contribution in [3.8, 4) is 5.75 Å². The summed E-state index contributed by atoms with van der Waals surface area (Å²) < 4.78 is 0. The molecule has 0 saturated heterocycles. The lowest BCUT2D eigenvalue weighted by molar-refractivity contribution is 0.0951. The topological polar surface area (TPSA) is 81.6 Å². The number of rotatable bonds is 6. The summed E-state index contributed by atoms with van der Waals surface area (Å²) in [5, 5.41) is 26.0. The largest absolute Gasteiger partial charge is 0.507 e. The van der Waals surface area contributed by atoms with Gasteiger partial charge in [-0.05, 0) is 22.9 Å². The van der Waals surface area contributed by atoms with Crippen molar-refractivity contribution in [1.29, 1.82) is 0 Å². The molecule has 0 unspecified atom stereocenters. The fraction of sp³-hybridized carbons (Fsp3) is 0.267. The van der Waals surface area contributed by atoms with Crippen molar-refractivity contribution in [2.75, 3.05) is 26.2 Å². The predicted octanol–water partition coefficient (Wildman–Crippen LogP) is 0.857. The molecule has 2 aromatic rings. The van der Waals surface area contributed by atoms with Gasteiger partial charge in [-0.1, -0.05) is 24.3 Å². The standard InChI is InChI=1S/C15H18N2O3/c18-8-7-16-5-6-17-15(20)13-9-11-3-1-2-4-12(11)10-14(13)19/h1-4,9-10,16,18-19H,5-8H2,(H,17,20). The van der Waals surface area contributed by atoms with Crippen LogP contribution in [0.2, 0.25) is 0 Å². The lowest BCUT2D eigenvalue weighted by Gasteiger charge is -2.09. The van der Waals surface area contributed by atoms with Gasteiger partial charge in [-0.3, -0.25) is 4.79 Å². The van der Waals surface area contributed by atoms with Crippen LogP contribution < -0.4 is 10.6 Å². The average molecular weight is 274 g/mol. The molecule has 20 heavy (non-hydrogen) atoms. The Morgan fingerprint density at radius 3 is 2.45 bits per heavy atom. The van der Waals surface area contributed by atoms with Crippen LogP contribution in [0.3, 0.4) is 0 Å². The molecular formula is C15H18N2O3. The second-order valence-electron chi connectivity index (χ2n) is 4.45. The zero-order valence-corrected chi connectivity index (χ0v) is 11.1. The van der Waals surface area contributed by atoms with Gasteiger partial charge < -0.3 is 20.8 Å². The first-order valence-electron chi connectivity index (χ1n) is 6.54. The number of amides is 1. The third-order valence-electron chi connectivity index (χ3n) is 2.98. The van der Waals surface area contributed by atoms with Crippen molar-refractivity contribution in [3.63, 3.8) is 0 Å². The third kappa shape index (κ3) is 3.46. The van der Waals surface area contributed by atoms with Gasteiger partial charge in [0.2, 0.25) is 0 Å². The molecule has 0 aliphatic rings. The molecule has 0 heterocycles. The van der Waals surface area contributed by atoms with Gasteiger partial charge in [0.05, 0.1) is 12.2 Å². The second kappa shape index (κ2) is 6.88. The summed E-state index contributed by atoms with van der Waals surface area (Å²) in [5.41, 5.74) is 0.269. The average Bonchev–Trinajstić information content (AvgIpc) is 2.46. The molecule has 106 valence electrons. The van der Waals surface area contributed by atoms with Crippen molar-refractivity contribution < 1.29 is 15.0 Å². The van der Waals surface area contributed by atoms with E-state index in [1.54, 1.807) is 12.1 Å². The van der Waals surface area contributed by atoms with Crippen LogP contribution in [-0.2, 0) is 0 Å². The predicted molar refractivity (Wildman–Crippen MR) is 77.9 cm³/mol. The quantitative estimate of drug-likeness (QED) is 0.589.